The standard InChI is InChI=1S/C13H24N2O3/c1-5-10(12(16)17)14(4)13(18)15-8-6-7-11(15)9(2)3/h9-11H,5-8H2,1-4H3,(H,16,17). The molecule has 5 heteroatoms. The molecule has 1 saturated heterocycles. The Morgan fingerprint density at radius 1 is 1.44 bits per heavy atom. The first-order valence-electron chi connectivity index (χ1n) is 6.66. The maximum atomic E-state index is 12.4. The largest absolute Gasteiger partial charge is 0.480 e. The second-order valence-electron chi connectivity index (χ2n) is 5.30. The minimum absolute atomic E-state index is 0.152. The van der Waals surface area contributed by atoms with Gasteiger partial charge < -0.3 is 14.9 Å². The summed E-state index contributed by atoms with van der Waals surface area (Å²) in [6, 6.07) is -0.641. The summed E-state index contributed by atoms with van der Waals surface area (Å²) in [4.78, 5) is 26.6. The monoisotopic (exact) mass is 256 g/mol. The van der Waals surface area contributed by atoms with E-state index in [0.717, 1.165) is 19.4 Å². The van der Waals surface area contributed by atoms with Gasteiger partial charge in [0.1, 0.15) is 6.04 Å². The van der Waals surface area contributed by atoms with Crippen molar-refractivity contribution < 1.29 is 14.7 Å². The van der Waals surface area contributed by atoms with Crippen LogP contribution in [-0.2, 0) is 4.79 Å². The van der Waals surface area contributed by atoms with E-state index in [2.05, 4.69) is 13.8 Å². The van der Waals surface area contributed by atoms with Gasteiger partial charge in [-0.3, -0.25) is 0 Å². The highest BCUT2D eigenvalue weighted by molar-refractivity contribution is 5.82. The topological polar surface area (TPSA) is 60.9 Å². The fourth-order valence-corrected chi connectivity index (χ4v) is 2.67. The smallest absolute Gasteiger partial charge is 0.326 e. The summed E-state index contributed by atoms with van der Waals surface area (Å²) in [6.07, 6.45) is 2.45. The number of hydrogen-bond acceptors (Lipinski definition) is 2. The fraction of sp³-hybridized carbons (Fsp3) is 0.846. The van der Waals surface area contributed by atoms with Gasteiger partial charge in [-0.15, -0.1) is 0 Å². The maximum Gasteiger partial charge on any atom is 0.326 e. The molecule has 5 nitrogen and oxygen atoms in total. The summed E-state index contributed by atoms with van der Waals surface area (Å²) in [5.41, 5.74) is 0. The number of carbonyl (C=O) groups excluding carboxylic acids is 1. The van der Waals surface area contributed by atoms with Crippen molar-refractivity contribution in [1.82, 2.24) is 9.80 Å². The van der Waals surface area contributed by atoms with E-state index >= 15 is 0 Å². The van der Waals surface area contributed by atoms with E-state index in [4.69, 9.17) is 5.11 Å². The molecule has 1 aliphatic rings. The first-order valence-corrected chi connectivity index (χ1v) is 6.66. The molecule has 0 aromatic carbocycles. The SMILES string of the molecule is CCC(C(=O)O)N(C)C(=O)N1CCCC1C(C)C. The fourth-order valence-electron chi connectivity index (χ4n) is 2.67. The molecule has 0 aromatic rings. The second kappa shape index (κ2) is 6.07. The molecule has 2 atom stereocenters. The summed E-state index contributed by atoms with van der Waals surface area (Å²) < 4.78 is 0. The lowest BCUT2D eigenvalue weighted by Crippen LogP contribution is -2.51. The van der Waals surface area contributed by atoms with Gasteiger partial charge in [-0.1, -0.05) is 20.8 Å². The number of nitrogens with zero attached hydrogens (tertiary/aromatic N) is 2. The predicted octanol–water partition coefficient (Wildman–Crippen LogP) is 2.02. The van der Waals surface area contributed by atoms with Gasteiger partial charge in [0.05, 0.1) is 0 Å². The van der Waals surface area contributed by atoms with Gasteiger partial charge in [-0.25, -0.2) is 9.59 Å². The third kappa shape index (κ3) is 2.94. The number of carbonyl (C=O) groups is 2. The van der Waals surface area contributed by atoms with E-state index in [-0.39, 0.29) is 12.1 Å². The van der Waals surface area contributed by atoms with Crippen LogP contribution in [0.1, 0.15) is 40.0 Å². The Morgan fingerprint density at radius 3 is 2.50 bits per heavy atom. The zero-order chi connectivity index (χ0) is 13.9. The average molecular weight is 256 g/mol. The molecule has 1 fully saturated rings. The summed E-state index contributed by atoms with van der Waals surface area (Å²) in [5.74, 6) is -0.525. The Kier molecular flexibility index (Phi) is 4.99. The van der Waals surface area contributed by atoms with E-state index in [0.29, 0.717) is 12.3 Å². The van der Waals surface area contributed by atoms with Crippen LogP contribution in [-0.4, -0.2) is 52.6 Å². The number of urea groups is 1. The van der Waals surface area contributed by atoms with Crippen LogP contribution in [0.4, 0.5) is 4.79 Å². The Balaban J connectivity index is 2.76. The first kappa shape index (κ1) is 14.8. The summed E-state index contributed by atoms with van der Waals surface area (Å²) in [6.45, 7) is 6.73. The van der Waals surface area contributed by atoms with E-state index in [1.165, 1.54) is 4.90 Å². The van der Waals surface area contributed by atoms with Gasteiger partial charge in [0, 0.05) is 19.6 Å². The minimum Gasteiger partial charge on any atom is -0.480 e. The number of carboxylic acid groups (broad SMARTS) is 1. The van der Waals surface area contributed by atoms with Crippen LogP contribution in [0.3, 0.4) is 0 Å². The highest BCUT2D eigenvalue weighted by Gasteiger charge is 2.35. The normalized spacial score (nSPS) is 21.2. The second-order valence-corrected chi connectivity index (χ2v) is 5.30. The number of aliphatic carboxylic acids is 1. The number of hydrogen-bond donors (Lipinski definition) is 1. The lowest BCUT2D eigenvalue weighted by molar-refractivity contribution is -0.142. The Morgan fingerprint density at radius 2 is 2.06 bits per heavy atom. The number of carboxylic acids is 1. The van der Waals surface area contributed by atoms with Crippen LogP contribution in [0, 0.1) is 5.92 Å². The van der Waals surface area contributed by atoms with Gasteiger partial charge in [0.15, 0.2) is 0 Å². The molecule has 0 radical (unpaired) electrons. The van der Waals surface area contributed by atoms with Crippen LogP contribution in [0.2, 0.25) is 0 Å². The minimum atomic E-state index is -0.936. The van der Waals surface area contributed by atoms with Crippen LogP contribution < -0.4 is 0 Å². The lowest BCUT2D eigenvalue weighted by Gasteiger charge is -2.33. The summed E-state index contributed by atoms with van der Waals surface area (Å²) >= 11 is 0. The molecule has 0 spiro atoms. The Hall–Kier alpha value is -1.26. The molecule has 0 aliphatic carbocycles. The molecule has 0 aromatic heterocycles. The van der Waals surface area contributed by atoms with Gasteiger partial charge in [0.25, 0.3) is 0 Å². The van der Waals surface area contributed by atoms with Crippen molar-refractivity contribution in [2.45, 2.75) is 52.1 Å². The zero-order valence-corrected chi connectivity index (χ0v) is 11.7. The molecule has 1 rings (SSSR count). The van der Waals surface area contributed by atoms with Gasteiger partial charge >= 0.3 is 12.0 Å². The highest BCUT2D eigenvalue weighted by Crippen LogP contribution is 2.25. The van der Waals surface area contributed by atoms with Crippen LogP contribution in [0.25, 0.3) is 0 Å². The molecular formula is C13H24N2O3. The Bertz CT molecular complexity index is 317. The van der Waals surface area contributed by atoms with E-state index in [1.54, 1.807) is 14.0 Å². The van der Waals surface area contributed by atoms with Crippen LogP contribution in [0.5, 0.6) is 0 Å². The number of amides is 2. The predicted molar refractivity (Wildman–Crippen MR) is 69.4 cm³/mol. The van der Waals surface area contributed by atoms with Crippen LogP contribution >= 0.6 is 0 Å². The molecule has 0 bridgehead atoms. The molecule has 1 N–H and O–H groups in total. The van der Waals surface area contributed by atoms with Crippen molar-refractivity contribution in [3.05, 3.63) is 0 Å². The first-order chi connectivity index (χ1) is 8.40. The molecule has 1 aliphatic heterocycles. The average Bonchev–Trinajstić information content (AvgIpc) is 2.77. The maximum absolute atomic E-state index is 12.4. The third-order valence-corrected chi connectivity index (χ3v) is 3.76. The molecule has 0 saturated carbocycles. The summed E-state index contributed by atoms with van der Waals surface area (Å²) in [7, 11) is 1.58. The Labute approximate surface area is 109 Å². The molecule has 2 amide bonds. The van der Waals surface area contributed by atoms with Crippen molar-refractivity contribution >= 4 is 12.0 Å². The van der Waals surface area contributed by atoms with E-state index < -0.39 is 12.0 Å². The zero-order valence-electron chi connectivity index (χ0n) is 11.7. The highest BCUT2D eigenvalue weighted by atomic mass is 16.4. The lowest BCUT2D eigenvalue weighted by atomic mass is 10.0. The van der Waals surface area contributed by atoms with Crippen molar-refractivity contribution in [2.75, 3.05) is 13.6 Å². The summed E-state index contributed by atoms with van der Waals surface area (Å²) in [5, 5.41) is 9.10. The van der Waals surface area contributed by atoms with E-state index in [1.807, 2.05) is 4.90 Å². The molecule has 1 heterocycles. The molecule has 18 heavy (non-hydrogen) atoms. The van der Waals surface area contributed by atoms with Crippen molar-refractivity contribution in [3.63, 3.8) is 0 Å². The van der Waals surface area contributed by atoms with Gasteiger partial charge in [-0.2, -0.15) is 0 Å². The van der Waals surface area contributed by atoms with Gasteiger partial charge in [0.2, 0.25) is 0 Å². The van der Waals surface area contributed by atoms with Crippen molar-refractivity contribution in [1.29, 1.82) is 0 Å². The third-order valence-electron chi connectivity index (χ3n) is 3.76. The van der Waals surface area contributed by atoms with Gasteiger partial charge in [-0.05, 0) is 25.2 Å². The van der Waals surface area contributed by atoms with Crippen molar-refractivity contribution in [2.24, 2.45) is 5.92 Å². The van der Waals surface area contributed by atoms with Crippen LogP contribution in [0.15, 0.2) is 0 Å². The number of likely N-dealkylation sites (N-methyl/N-ethyl adjacent to an activating group) is 1. The molecular weight excluding hydrogens is 232 g/mol. The molecule has 2 unspecified atom stereocenters. The quantitative estimate of drug-likeness (QED) is 0.837. The van der Waals surface area contributed by atoms with E-state index in [9.17, 15) is 9.59 Å². The molecule has 104 valence electrons. The number of likely N-dealkylation sites (tertiary alicyclic amines) is 1. The van der Waals surface area contributed by atoms with Crippen molar-refractivity contribution in [3.8, 4) is 0 Å². The number of rotatable bonds is 4.